The summed E-state index contributed by atoms with van der Waals surface area (Å²) in [5.41, 5.74) is 0.741. The van der Waals surface area contributed by atoms with E-state index in [2.05, 4.69) is 17.3 Å². The number of carbonyl (C=O) groups excluding carboxylic acids is 1. The molecule has 0 aromatic rings. The van der Waals surface area contributed by atoms with Gasteiger partial charge < -0.3 is 10.2 Å². The lowest BCUT2D eigenvalue weighted by atomic mass is 9.62. The fourth-order valence-electron chi connectivity index (χ4n) is 5.01. The lowest BCUT2D eigenvalue weighted by molar-refractivity contribution is -0.134. The predicted octanol–water partition coefficient (Wildman–Crippen LogP) is 1.95. The number of piperidine rings is 1. The molecule has 2 atom stereocenters. The minimum Gasteiger partial charge on any atom is -0.331 e. The second-order valence-electron chi connectivity index (χ2n) is 7.41. The summed E-state index contributed by atoms with van der Waals surface area (Å²) in [7, 11) is 2.15. The molecular formula is C16H25N3O. The van der Waals surface area contributed by atoms with Gasteiger partial charge in [0.05, 0.1) is 5.41 Å². The molecule has 0 radical (unpaired) electrons. The zero-order valence-corrected chi connectivity index (χ0v) is 12.5. The largest absolute Gasteiger partial charge is 0.331 e. The van der Waals surface area contributed by atoms with Crippen LogP contribution in [0.5, 0.6) is 0 Å². The summed E-state index contributed by atoms with van der Waals surface area (Å²) in [6.45, 7) is 1.95. The van der Waals surface area contributed by atoms with Crippen LogP contribution in [0.4, 0.5) is 0 Å². The van der Waals surface area contributed by atoms with Crippen molar-refractivity contribution in [3.05, 3.63) is 0 Å². The van der Waals surface area contributed by atoms with Gasteiger partial charge in [-0.2, -0.15) is 0 Å². The number of nitrogens with zero attached hydrogens (tertiary/aromatic N) is 2. The molecule has 4 aliphatic rings. The third kappa shape index (κ3) is 1.70. The molecule has 0 unspecified atom stereocenters. The summed E-state index contributed by atoms with van der Waals surface area (Å²) in [5, 5.41) is 3.34. The number of amides is 1. The van der Waals surface area contributed by atoms with Crippen molar-refractivity contribution in [1.82, 2.24) is 10.2 Å². The van der Waals surface area contributed by atoms with E-state index in [1.807, 2.05) is 0 Å². The maximum atomic E-state index is 13.0. The third-order valence-corrected chi connectivity index (χ3v) is 5.90. The topological polar surface area (TPSA) is 44.7 Å². The van der Waals surface area contributed by atoms with E-state index in [4.69, 9.17) is 4.99 Å². The number of likely N-dealkylation sites (tertiary alicyclic amines) is 1. The van der Waals surface area contributed by atoms with Gasteiger partial charge in [-0.3, -0.25) is 9.79 Å². The number of nitrogens with one attached hydrogen (secondary N) is 1. The number of hydrogen-bond donors (Lipinski definition) is 1. The van der Waals surface area contributed by atoms with E-state index < -0.39 is 0 Å². The lowest BCUT2D eigenvalue weighted by Crippen LogP contribution is -2.68. The van der Waals surface area contributed by atoms with Gasteiger partial charge in [-0.1, -0.05) is 12.8 Å². The lowest BCUT2D eigenvalue weighted by Gasteiger charge is -2.54. The second-order valence-corrected chi connectivity index (χ2v) is 7.41. The van der Waals surface area contributed by atoms with Gasteiger partial charge in [0.15, 0.2) is 0 Å². The van der Waals surface area contributed by atoms with Crippen LogP contribution >= 0.6 is 0 Å². The Labute approximate surface area is 121 Å². The molecule has 2 heterocycles. The Morgan fingerprint density at radius 2 is 2.00 bits per heavy atom. The summed E-state index contributed by atoms with van der Waals surface area (Å²) in [6, 6.07) is 0. The molecule has 0 aromatic carbocycles. The first-order valence-electron chi connectivity index (χ1n) is 8.25. The molecule has 2 aliphatic heterocycles. The van der Waals surface area contributed by atoms with Crippen LogP contribution in [0.2, 0.25) is 0 Å². The zero-order valence-electron chi connectivity index (χ0n) is 12.5. The van der Waals surface area contributed by atoms with Crippen molar-refractivity contribution in [1.29, 1.82) is 0 Å². The van der Waals surface area contributed by atoms with E-state index in [1.54, 1.807) is 0 Å². The van der Waals surface area contributed by atoms with Crippen LogP contribution in [0.25, 0.3) is 0 Å². The molecule has 4 rings (SSSR count). The third-order valence-electron chi connectivity index (χ3n) is 5.90. The van der Waals surface area contributed by atoms with E-state index in [9.17, 15) is 4.79 Å². The molecule has 2 saturated carbocycles. The van der Waals surface area contributed by atoms with Gasteiger partial charge in [0.1, 0.15) is 5.66 Å². The fourth-order valence-corrected chi connectivity index (χ4v) is 5.01. The first kappa shape index (κ1) is 12.8. The van der Waals surface area contributed by atoms with E-state index >= 15 is 0 Å². The molecule has 2 aliphatic carbocycles. The molecule has 1 saturated heterocycles. The minimum atomic E-state index is -0.293. The van der Waals surface area contributed by atoms with Gasteiger partial charge in [0.25, 0.3) is 0 Å². The Morgan fingerprint density at radius 3 is 2.80 bits per heavy atom. The van der Waals surface area contributed by atoms with Crippen LogP contribution in [0, 0.1) is 11.3 Å². The molecule has 1 amide bonds. The summed E-state index contributed by atoms with van der Waals surface area (Å²) < 4.78 is 0. The van der Waals surface area contributed by atoms with Crippen molar-refractivity contribution >= 4 is 11.6 Å². The Balaban J connectivity index is 1.78. The second kappa shape index (κ2) is 4.30. The summed E-state index contributed by atoms with van der Waals surface area (Å²) in [6.07, 6.45) is 9.17. The number of rotatable bonds is 0. The maximum absolute atomic E-state index is 13.0. The zero-order chi connectivity index (χ0) is 13.8. The van der Waals surface area contributed by atoms with Gasteiger partial charge in [-0.05, 0) is 45.6 Å². The number of aliphatic imine (C=N–C) groups is 1. The van der Waals surface area contributed by atoms with Crippen molar-refractivity contribution < 1.29 is 4.79 Å². The standard InChI is InChI=1S/C16H25N3O/c1-19-10-12-6-5-7-15(11-19)13(12)17-16(18-14(15)20)8-3-2-4-9-16/h12H,2-11H2,1H3,(H,18,20)/t12-,15+/m0/s1. The van der Waals surface area contributed by atoms with E-state index in [0.717, 1.165) is 32.4 Å². The number of hydrogen-bond acceptors (Lipinski definition) is 3. The monoisotopic (exact) mass is 275 g/mol. The van der Waals surface area contributed by atoms with Crippen molar-refractivity contribution in [2.24, 2.45) is 16.3 Å². The van der Waals surface area contributed by atoms with Crippen LogP contribution in [0.1, 0.15) is 51.4 Å². The first-order valence-corrected chi connectivity index (χ1v) is 8.25. The number of carbonyl (C=O) groups is 1. The summed E-state index contributed by atoms with van der Waals surface area (Å²) in [5.74, 6) is 0.799. The smallest absolute Gasteiger partial charge is 0.235 e. The Kier molecular flexibility index (Phi) is 2.75. The fraction of sp³-hybridized carbons (Fsp3) is 0.875. The predicted molar refractivity (Wildman–Crippen MR) is 78.7 cm³/mol. The molecular weight excluding hydrogens is 250 g/mol. The van der Waals surface area contributed by atoms with Crippen molar-refractivity contribution in [2.45, 2.75) is 57.0 Å². The molecule has 1 N–H and O–H groups in total. The van der Waals surface area contributed by atoms with Crippen molar-refractivity contribution in [3.8, 4) is 0 Å². The average molecular weight is 275 g/mol. The average Bonchev–Trinajstić information content (AvgIpc) is 2.40. The van der Waals surface area contributed by atoms with Gasteiger partial charge in [-0.15, -0.1) is 0 Å². The highest BCUT2D eigenvalue weighted by molar-refractivity contribution is 6.12. The van der Waals surface area contributed by atoms with Gasteiger partial charge >= 0.3 is 0 Å². The van der Waals surface area contributed by atoms with Crippen LogP contribution in [-0.4, -0.2) is 42.3 Å². The normalized spacial score (nSPS) is 40.0. The SMILES string of the molecule is CN1C[C@@H]2CCC[C@]3(C1)C(=O)NC1(CCCCC1)N=C23. The molecule has 2 bridgehead atoms. The van der Waals surface area contributed by atoms with Crippen LogP contribution < -0.4 is 5.32 Å². The quantitative estimate of drug-likeness (QED) is 0.734. The van der Waals surface area contributed by atoms with E-state index in [1.165, 1.54) is 37.8 Å². The van der Waals surface area contributed by atoms with Crippen molar-refractivity contribution in [2.75, 3.05) is 20.1 Å². The first-order chi connectivity index (χ1) is 9.64. The molecule has 1 spiro atoms. The van der Waals surface area contributed by atoms with Gasteiger partial charge in [0.2, 0.25) is 5.91 Å². The van der Waals surface area contributed by atoms with Crippen LogP contribution in [0.3, 0.4) is 0 Å². The highest BCUT2D eigenvalue weighted by atomic mass is 16.2. The van der Waals surface area contributed by atoms with Crippen molar-refractivity contribution in [3.63, 3.8) is 0 Å². The minimum absolute atomic E-state index is 0.236. The highest BCUT2D eigenvalue weighted by Gasteiger charge is 2.56. The van der Waals surface area contributed by atoms with Gasteiger partial charge in [-0.25, -0.2) is 0 Å². The summed E-state index contributed by atoms with van der Waals surface area (Å²) >= 11 is 0. The molecule has 3 fully saturated rings. The Morgan fingerprint density at radius 1 is 1.20 bits per heavy atom. The van der Waals surface area contributed by atoms with E-state index in [-0.39, 0.29) is 17.0 Å². The van der Waals surface area contributed by atoms with Crippen LogP contribution in [0.15, 0.2) is 4.99 Å². The van der Waals surface area contributed by atoms with Crippen LogP contribution in [-0.2, 0) is 4.79 Å². The van der Waals surface area contributed by atoms with Gasteiger partial charge in [0, 0.05) is 24.7 Å². The van der Waals surface area contributed by atoms with E-state index in [0.29, 0.717) is 5.92 Å². The molecule has 110 valence electrons. The molecule has 4 nitrogen and oxygen atoms in total. The maximum Gasteiger partial charge on any atom is 0.235 e. The Hall–Kier alpha value is -0.900. The molecule has 0 aromatic heterocycles. The Bertz CT molecular complexity index is 466. The summed E-state index contributed by atoms with van der Waals surface area (Å²) in [4.78, 5) is 20.5. The highest BCUT2D eigenvalue weighted by Crippen LogP contribution is 2.46. The molecule has 20 heavy (non-hydrogen) atoms. The molecule has 4 heteroatoms.